The van der Waals surface area contributed by atoms with Crippen LogP contribution in [-0.4, -0.2) is 78.2 Å². The van der Waals surface area contributed by atoms with Crippen molar-refractivity contribution in [1.82, 2.24) is 0 Å². The molecule has 10 atom stereocenters. The molecule has 106 heavy (non-hydrogen) atoms. The zero-order chi connectivity index (χ0) is 74.7. The number of esters is 2. The monoisotopic (exact) mass is 1410 g/mol. The molecule has 0 radical (unpaired) electrons. The lowest BCUT2D eigenvalue weighted by Gasteiger charge is -2.26. The SMILES string of the molecule is COC(=O)CC(C(=O)CC(C(=O)CC(C(=O)CC(C(=O)CC(C(=O)CC(C(=O)CC(C(=O)CC(C(=O)CC(C(=O)CC(C(=O)OC)c1ccccc1)c1ccccc1)c1ccccc1)c1ccccc1)c1ccccc1)c1ccccc1)c1ccccc1)c1ccccc1)c1ccccc1)c1ccccc1. The number of ether oxygens (including phenoxy) is 2. The minimum atomic E-state index is -1.14. The highest BCUT2D eigenvalue weighted by Gasteiger charge is 2.40. The van der Waals surface area contributed by atoms with E-state index in [1.54, 1.807) is 303 Å². The van der Waals surface area contributed by atoms with Gasteiger partial charge >= 0.3 is 11.9 Å². The summed E-state index contributed by atoms with van der Waals surface area (Å²) in [4.78, 5) is 164. The van der Waals surface area contributed by atoms with Crippen LogP contribution in [0.2, 0.25) is 0 Å². The maximum absolute atomic E-state index is 15.7. The molecular weight excluding hydrogens is 1330 g/mol. The van der Waals surface area contributed by atoms with Gasteiger partial charge in [0.25, 0.3) is 0 Å². The Hall–Kier alpha value is -11.8. The summed E-state index contributed by atoms with van der Waals surface area (Å²) in [5, 5.41) is 0. The maximum Gasteiger partial charge on any atom is 0.313 e. The van der Waals surface area contributed by atoms with Gasteiger partial charge in [0.15, 0.2) is 0 Å². The van der Waals surface area contributed by atoms with Crippen LogP contribution in [-0.2, 0) is 62.2 Å². The van der Waals surface area contributed by atoms with Crippen molar-refractivity contribution >= 4 is 64.0 Å². The standard InChI is InChI=1S/C93H86O13/c1-105-92(103)62-81(71-49-29-11-30-50-71)90(101)60-79(69-45-25-9-26-46-69)88(99)58-77(67-41-21-7-22-42-67)86(97)56-75(65-37-17-5-18-38-65)84(95)54-73(63-33-13-3-14-34-63)83(94)53-74(64-35-15-4-16-36-64)85(96)55-76(66-39-19-6-20-40-66)87(98)57-78(68-43-23-8-24-44-68)89(100)59-80(70-47-27-10-28-48-70)91(102)61-82(93(104)106-2)72-51-31-12-32-52-72/h3-52,73-82H,53-62H2,1-2H3. The minimum absolute atomic E-state index is 0.247. The Kier molecular flexibility index (Phi) is 28.0. The van der Waals surface area contributed by atoms with Gasteiger partial charge in [0.1, 0.15) is 52.0 Å². The van der Waals surface area contributed by atoms with E-state index in [0.29, 0.717) is 55.6 Å². The predicted octanol–water partition coefficient (Wildman–Crippen LogP) is 17.2. The van der Waals surface area contributed by atoms with Crippen molar-refractivity contribution < 1.29 is 62.2 Å². The third-order valence-corrected chi connectivity index (χ3v) is 20.2. The van der Waals surface area contributed by atoms with Gasteiger partial charge in [-0.2, -0.15) is 0 Å². The van der Waals surface area contributed by atoms with Gasteiger partial charge in [-0.3, -0.25) is 52.7 Å². The average Bonchev–Trinajstić information content (AvgIpc) is 0.811. The first kappa shape index (κ1) is 76.8. The molecule has 0 fully saturated rings. The number of hydrogen-bond acceptors (Lipinski definition) is 13. The molecule has 0 aliphatic heterocycles. The summed E-state index contributed by atoms with van der Waals surface area (Å²) in [6, 6.07) is 88.2. The molecule has 10 rings (SSSR count). The van der Waals surface area contributed by atoms with Gasteiger partial charge in [0.05, 0.1) is 32.5 Å². The highest BCUT2D eigenvalue weighted by Crippen LogP contribution is 2.40. The molecule has 0 aromatic heterocycles. The molecule has 10 unspecified atom stereocenters. The summed E-state index contributed by atoms with van der Waals surface area (Å²) >= 11 is 0. The van der Waals surface area contributed by atoms with E-state index in [1.165, 1.54) is 14.2 Å². The molecule has 0 spiro atoms. The lowest BCUT2D eigenvalue weighted by molar-refractivity contribution is -0.144. The molecule has 10 aromatic carbocycles. The molecule has 0 bridgehead atoms. The first-order valence-electron chi connectivity index (χ1n) is 36.0. The quantitative estimate of drug-likeness (QED) is 0.0328. The normalized spacial score (nSPS) is 14.0. The summed E-state index contributed by atoms with van der Waals surface area (Å²) in [7, 11) is 2.51. The molecular formula is C93H86O13. The van der Waals surface area contributed by atoms with Gasteiger partial charge in [-0.1, -0.05) is 303 Å². The molecule has 13 nitrogen and oxygen atoms in total. The number of carbonyl (C=O) groups is 11. The summed E-state index contributed by atoms with van der Waals surface area (Å²) in [6.07, 6.45) is -3.32. The Morgan fingerprint density at radius 2 is 0.302 bits per heavy atom. The fourth-order valence-corrected chi connectivity index (χ4v) is 14.4. The molecule has 0 saturated carbocycles. The molecule has 0 aliphatic rings. The van der Waals surface area contributed by atoms with E-state index in [2.05, 4.69) is 0 Å². The summed E-state index contributed by atoms with van der Waals surface area (Å²) in [6.45, 7) is 0. The van der Waals surface area contributed by atoms with Crippen molar-refractivity contribution in [2.75, 3.05) is 14.2 Å². The number of methoxy groups -OCH3 is 2. The van der Waals surface area contributed by atoms with Crippen molar-refractivity contribution in [3.8, 4) is 0 Å². The van der Waals surface area contributed by atoms with Gasteiger partial charge in [-0.25, -0.2) is 0 Å². The molecule has 0 heterocycles. The number of hydrogen-bond donors (Lipinski definition) is 0. The van der Waals surface area contributed by atoms with Gasteiger partial charge < -0.3 is 9.47 Å². The molecule has 10 aromatic rings. The van der Waals surface area contributed by atoms with Crippen LogP contribution in [0, 0.1) is 0 Å². The van der Waals surface area contributed by atoms with E-state index in [1.807, 2.05) is 0 Å². The first-order chi connectivity index (χ1) is 51.6. The highest BCUT2D eigenvalue weighted by atomic mass is 16.5. The summed E-state index contributed by atoms with van der Waals surface area (Å²) in [5.74, 6) is -15.5. The second-order valence-electron chi connectivity index (χ2n) is 27.0. The van der Waals surface area contributed by atoms with Gasteiger partial charge in [0.2, 0.25) is 0 Å². The summed E-state index contributed by atoms with van der Waals surface area (Å²) < 4.78 is 10.2. The molecule has 0 aliphatic carbocycles. The lowest BCUT2D eigenvalue weighted by Crippen LogP contribution is -2.29. The van der Waals surface area contributed by atoms with Crippen LogP contribution in [0.25, 0.3) is 0 Å². The zero-order valence-electron chi connectivity index (χ0n) is 59.5. The Labute approximate surface area is 619 Å². The van der Waals surface area contributed by atoms with Crippen LogP contribution in [0.3, 0.4) is 0 Å². The van der Waals surface area contributed by atoms with Crippen molar-refractivity contribution in [2.45, 2.75) is 123 Å². The second kappa shape index (κ2) is 38.6. The van der Waals surface area contributed by atoms with Gasteiger partial charge in [0, 0.05) is 105 Å². The molecule has 0 saturated heterocycles. The van der Waals surface area contributed by atoms with Crippen molar-refractivity contribution in [3.63, 3.8) is 0 Å². The van der Waals surface area contributed by atoms with Crippen molar-refractivity contribution in [3.05, 3.63) is 359 Å². The van der Waals surface area contributed by atoms with Crippen LogP contribution in [0.15, 0.2) is 303 Å². The molecule has 536 valence electrons. The van der Waals surface area contributed by atoms with Crippen molar-refractivity contribution in [1.29, 1.82) is 0 Å². The smallest absolute Gasteiger partial charge is 0.313 e. The maximum atomic E-state index is 15.7. The Morgan fingerprint density at radius 3 is 0.434 bits per heavy atom. The second-order valence-corrected chi connectivity index (χ2v) is 27.0. The molecule has 0 N–H and O–H groups in total. The van der Waals surface area contributed by atoms with E-state index >= 15 is 33.6 Å². The molecule has 0 amide bonds. The van der Waals surface area contributed by atoms with E-state index < -0.39 is 112 Å². The Morgan fingerprint density at radius 1 is 0.179 bits per heavy atom. The topological polar surface area (TPSA) is 206 Å². The lowest BCUT2D eigenvalue weighted by atomic mass is 9.75. The van der Waals surface area contributed by atoms with E-state index in [-0.39, 0.29) is 75.8 Å². The van der Waals surface area contributed by atoms with E-state index in [9.17, 15) is 19.2 Å². The Balaban J connectivity index is 0.922. The fourth-order valence-electron chi connectivity index (χ4n) is 14.4. The Bertz CT molecular complexity index is 4580. The molecule has 13 heteroatoms. The number of benzene rings is 10. The third kappa shape index (κ3) is 20.7. The number of ketones is 9. The number of rotatable bonds is 40. The van der Waals surface area contributed by atoms with Gasteiger partial charge in [-0.05, 0) is 55.6 Å². The van der Waals surface area contributed by atoms with Gasteiger partial charge in [-0.15, -0.1) is 0 Å². The largest absolute Gasteiger partial charge is 0.469 e. The average molecular weight is 1410 g/mol. The van der Waals surface area contributed by atoms with Crippen molar-refractivity contribution in [2.24, 2.45) is 0 Å². The first-order valence-corrected chi connectivity index (χ1v) is 36.0. The van der Waals surface area contributed by atoms with Crippen LogP contribution in [0.5, 0.6) is 0 Å². The predicted molar refractivity (Wildman–Crippen MR) is 407 cm³/mol. The number of carbonyl (C=O) groups excluding carboxylic acids is 11. The van der Waals surface area contributed by atoms with E-state index in [4.69, 9.17) is 9.47 Å². The zero-order valence-corrected chi connectivity index (χ0v) is 59.5. The summed E-state index contributed by atoms with van der Waals surface area (Å²) in [5.41, 5.74) is 5.34. The fraction of sp³-hybridized carbons (Fsp3) is 0.237. The van der Waals surface area contributed by atoms with Crippen LogP contribution in [0.1, 0.15) is 179 Å². The van der Waals surface area contributed by atoms with Crippen LogP contribution >= 0.6 is 0 Å². The third-order valence-electron chi connectivity index (χ3n) is 20.2. The van der Waals surface area contributed by atoms with Crippen LogP contribution in [0.4, 0.5) is 0 Å². The van der Waals surface area contributed by atoms with Crippen LogP contribution < -0.4 is 0 Å². The highest BCUT2D eigenvalue weighted by molar-refractivity contribution is 6.04. The van der Waals surface area contributed by atoms with E-state index in [0.717, 1.165) is 0 Å². The minimum Gasteiger partial charge on any atom is -0.469 e. The number of Topliss-reactive ketones (excluding diaryl/α,β-unsaturated/α-hetero) is 9.